The summed E-state index contributed by atoms with van der Waals surface area (Å²) in [5.41, 5.74) is 0. The van der Waals surface area contributed by atoms with Crippen LogP contribution in [-0.2, 0) is 19.6 Å². The number of ether oxygens (including phenoxy) is 2. The molecular formula is C23H26ClNO5S2. The summed E-state index contributed by atoms with van der Waals surface area (Å²) in [7, 11) is -1.25. The topological polar surface area (TPSA) is 72.9 Å². The van der Waals surface area contributed by atoms with Crippen LogP contribution in [0.15, 0.2) is 58.3 Å². The van der Waals surface area contributed by atoms with Crippen LogP contribution in [0.25, 0.3) is 0 Å². The summed E-state index contributed by atoms with van der Waals surface area (Å²) >= 11 is 7.51. The third-order valence-corrected chi connectivity index (χ3v) is 7.84. The van der Waals surface area contributed by atoms with E-state index in [2.05, 4.69) is 11.8 Å². The summed E-state index contributed by atoms with van der Waals surface area (Å²) < 4.78 is 37.5. The molecule has 0 radical (unpaired) electrons. The fourth-order valence-electron chi connectivity index (χ4n) is 2.81. The highest BCUT2D eigenvalue weighted by Crippen LogP contribution is 2.25. The van der Waals surface area contributed by atoms with Crippen molar-refractivity contribution < 1.29 is 22.7 Å². The minimum Gasteiger partial charge on any atom is -0.481 e. The van der Waals surface area contributed by atoms with Crippen LogP contribution in [0.5, 0.6) is 5.75 Å². The van der Waals surface area contributed by atoms with E-state index < -0.39 is 22.0 Å². The van der Waals surface area contributed by atoms with Crippen molar-refractivity contribution in [2.45, 2.75) is 35.6 Å². The molecule has 0 heterocycles. The Morgan fingerprint density at radius 1 is 1.16 bits per heavy atom. The van der Waals surface area contributed by atoms with Crippen LogP contribution in [-0.4, -0.2) is 51.3 Å². The minimum absolute atomic E-state index is 0.0679. The van der Waals surface area contributed by atoms with Crippen molar-refractivity contribution >= 4 is 39.4 Å². The van der Waals surface area contributed by atoms with E-state index in [0.717, 1.165) is 15.0 Å². The van der Waals surface area contributed by atoms with E-state index in [-0.39, 0.29) is 11.5 Å². The molecule has 0 aliphatic carbocycles. The maximum atomic E-state index is 13.1. The Bertz CT molecular complexity index is 1040. The highest BCUT2D eigenvalue weighted by atomic mass is 35.5. The van der Waals surface area contributed by atoms with Gasteiger partial charge in [0.05, 0.1) is 12.0 Å². The van der Waals surface area contributed by atoms with Crippen LogP contribution in [0.2, 0.25) is 5.02 Å². The van der Waals surface area contributed by atoms with E-state index in [1.165, 1.54) is 26.3 Å². The Kier molecular flexibility index (Phi) is 10.4. The minimum atomic E-state index is -3.90. The molecule has 1 atom stereocenters. The van der Waals surface area contributed by atoms with Gasteiger partial charge in [-0.2, -0.15) is 4.31 Å². The lowest BCUT2D eigenvalue weighted by Gasteiger charge is -2.25. The summed E-state index contributed by atoms with van der Waals surface area (Å²) in [4.78, 5) is 13.5. The lowest BCUT2D eigenvalue weighted by molar-refractivity contribution is -0.145. The monoisotopic (exact) mass is 495 g/mol. The van der Waals surface area contributed by atoms with Gasteiger partial charge in [0.2, 0.25) is 10.0 Å². The number of thioether (sulfide) groups is 1. The number of hydrogen-bond acceptors (Lipinski definition) is 6. The van der Waals surface area contributed by atoms with Crippen molar-refractivity contribution in [3.05, 3.63) is 53.6 Å². The van der Waals surface area contributed by atoms with Crippen LogP contribution in [0.1, 0.15) is 19.8 Å². The Labute approximate surface area is 199 Å². The van der Waals surface area contributed by atoms with Gasteiger partial charge >= 0.3 is 5.97 Å². The van der Waals surface area contributed by atoms with Gasteiger partial charge in [-0.15, -0.1) is 17.7 Å². The van der Waals surface area contributed by atoms with Crippen molar-refractivity contribution in [3.63, 3.8) is 0 Å². The van der Waals surface area contributed by atoms with Gasteiger partial charge in [0.1, 0.15) is 18.4 Å². The molecule has 1 unspecified atom stereocenters. The number of esters is 1. The third kappa shape index (κ3) is 7.45. The smallest absolute Gasteiger partial charge is 0.324 e. The first kappa shape index (κ1) is 26.1. The zero-order chi connectivity index (χ0) is 23.6. The highest BCUT2D eigenvalue weighted by molar-refractivity contribution is 7.99. The molecule has 0 saturated heterocycles. The first-order valence-electron chi connectivity index (χ1n) is 9.86. The maximum Gasteiger partial charge on any atom is 0.324 e. The number of rotatable bonds is 11. The molecule has 0 aliphatic heterocycles. The zero-order valence-electron chi connectivity index (χ0n) is 18.2. The number of sulfonamides is 1. The van der Waals surface area contributed by atoms with Crippen LogP contribution in [0.3, 0.4) is 0 Å². The Morgan fingerprint density at radius 3 is 2.41 bits per heavy atom. The predicted octanol–water partition coefficient (Wildman–Crippen LogP) is 4.48. The van der Waals surface area contributed by atoms with Gasteiger partial charge in [-0.25, -0.2) is 8.42 Å². The molecule has 0 spiro atoms. The molecule has 0 amide bonds. The molecule has 32 heavy (non-hydrogen) atoms. The number of carbonyl (C=O) groups excluding carboxylic acids is 1. The molecule has 172 valence electrons. The maximum absolute atomic E-state index is 13.1. The van der Waals surface area contributed by atoms with Crippen LogP contribution in [0.4, 0.5) is 0 Å². The average molecular weight is 496 g/mol. The first-order chi connectivity index (χ1) is 15.3. The number of nitrogens with zero attached hydrogens (tertiary/aromatic N) is 1. The van der Waals surface area contributed by atoms with Crippen molar-refractivity contribution in [3.8, 4) is 17.6 Å². The molecule has 0 N–H and O–H groups in total. The molecule has 2 rings (SSSR count). The fraction of sp³-hybridized carbons (Fsp3) is 0.348. The summed E-state index contributed by atoms with van der Waals surface area (Å²) in [5, 5.41) is 0.668. The summed E-state index contributed by atoms with van der Waals surface area (Å²) in [6.45, 7) is 1.93. The van der Waals surface area contributed by atoms with E-state index in [0.29, 0.717) is 23.6 Å². The third-order valence-electron chi connectivity index (χ3n) is 4.60. The molecule has 2 aromatic carbocycles. The van der Waals surface area contributed by atoms with E-state index in [1.54, 1.807) is 30.8 Å². The van der Waals surface area contributed by atoms with Gasteiger partial charge in [0.25, 0.3) is 0 Å². The van der Waals surface area contributed by atoms with E-state index >= 15 is 0 Å². The molecular weight excluding hydrogens is 470 g/mol. The first-order valence-corrected chi connectivity index (χ1v) is 12.7. The number of halogens is 1. The lowest BCUT2D eigenvalue weighted by atomic mass is 10.2. The van der Waals surface area contributed by atoms with Crippen molar-refractivity contribution in [2.75, 3.05) is 26.5 Å². The van der Waals surface area contributed by atoms with Crippen molar-refractivity contribution in [1.29, 1.82) is 0 Å². The second kappa shape index (κ2) is 12.8. The van der Waals surface area contributed by atoms with Gasteiger partial charge in [-0.3, -0.25) is 4.79 Å². The number of benzene rings is 2. The van der Waals surface area contributed by atoms with Gasteiger partial charge < -0.3 is 9.47 Å². The Balaban J connectivity index is 2.04. The molecule has 0 aliphatic rings. The summed E-state index contributed by atoms with van der Waals surface area (Å²) in [6, 6.07) is 12.6. The molecule has 0 saturated carbocycles. The molecule has 0 aromatic heterocycles. The largest absolute Gasteiger partial charge is 0.481 e. The van der Waals surface area contributed by atoms with Gasteiger partial charge in [0.15, 0.2) is 0 Å². The number of carbonyl (C=O) groups is 1. The van der Waals surface area contributed by atoms with Crippen LogP contribution in [0, 0.1) is 11.8 Å². The lowest BCUT2D eigenvalue weighted by Crippen LogP contribution is -2.43. The Morgan fingerprint density at radius 2 is 1.81 bits per heavy atom. The Hall–Kier alpha value is -2.18. The second-order valence-electron chi connectivity index (χ2n) is 6.69. The molecule has 2 aromatic rings. The van der Waals surface area contributed by atoms with E-state index in [4.69, 9.17) is 21.1 Å². The normalized spacial score (nSPS) is 12.0. The van der Waals surface area contributed by atoms with Crippen LogP contribution >= 0.6 is 23.4 Å². The van der Waals surface area contributed by atoms with Gasteiger partial charge in [-0.05, 0) is 74.0 Å². The quantitative estimate of drug-likeness (QED) is 0.198. The fourth-order valence-corrected chi connectivity index (χ4v) is 5.16. The zero-order valence-corrected chi connectivity index (χ0v) is 20.6. The van der Waals surface area contributed by atoms with Crippen molar-refractivity contribution in [2.24, 2.45) is 0 Å². The highest BCUT2D eigenvalue weighted by Gasteiger charge is 2.33. The number of likely N-dealkylation sites (N-methyl/N-ethyl adjacent to an activating group) is 1. The molecule has 0 fully saturated rings. The van der Waals surface area contributed by atoms with Crippen LogP contribution < -0.4 is 4.74 Å². The summed E-state index contributed by atoms with van der Waals surface area (Å²) in [6.07, 6.45) is 0.956. The molecule has 6 nitrogen and oxygen atoms in total. The van der Waals surface area contributed by atoms with Gasteiger partial charge in [-0.1, -0.05) is 17.5 Å². The SMILES string of the molecule is CC#CCOc1ccc(S(=O)(=O)N(C)C(CCCSc2ccc(Cl)cc2)C(=O)OC)cc1. The van der Waals surface area contributed by atoms with E-state index in [9.17, 15) is 13.2 Å². The second-order valence-corrected chi connectivity index (χ2v) is 10.3. The molecule has 9 heteroatoms. The predicted molar refractivity (Wildman–Crippen MR) is 128 cm³/mol. The average Bonchev–Trinajstić information content (AvgIpc) is 2.80. The van der Waals surface area contributed by atoms with Gasteiger partial charge in [0, 0.05) is 17.0 Å². The van der Waals surface area contributed by atoms with Crippen molar-refractivity contribution in [1.82, 2.24) is 4.31 Å². The standard InChI is InChI=1S/C23H26ClNO5S2/c1-4-5-16-30-19-10-14-21(15-11-19)32(27,28)25(2)22(23(26)29-3)7-6-17-31-20-12-8-18(24)9-13-20/h8-15,22H,6-7,16-17H2,1-3H3. The van der Waals surface area contributed by atoms with E-state index in [1.807, 2.05) is 24.3 Å². The number of hydrogen-bond donors (Lipinski definition) is 0. The number of methoxy groups -OCH3 is 1. The summed E-state index contributed by atoms with van der Waals surface area (Å²) in [5.74, 6) is 6.13. The molecule has 0 bridgehead atoms.